The minimum Gasteiger partial charge on any atom is -0.333 e. The summed E-state index contributed by atoms with van der Waals surface area (Å²) in [4.78, 5) is 19.2. The summed E-state index contributed by atoms with van der Waals surface area (Å²) in [5.74, 6) is -0.572. The molecule has 0 fully saturated rings. The lowest BCUT2D eigenvalue weighted by Gasteiger charge is -2.27. The highest BCUT2D eigenvalue weighted by molar-refractivity contribution is 6.36. The summed E-state index contributed by atoms with van der Waals surface area (Å²) in [6.45, 7) is 2.49. The van der Waals surface area contributed by atoms with Gasteiger partial charge in [-0.25, -0.2) is 9.78 Å². The molecule has 35 heavy (non-hydrogen) atoms. The zero-order valence-corrected chi connectivity index (χ0v) is 20.4. The highest BCUT2D eigenvalue weighted by Crippen LogP contribution is 2.35. The molecule has 1 N–H and O–H groups in total. The van der Waals surface area contributed by atoms with Gasteiger partial charge in [0.1, 0.15) is 0 Å². The van der Waals surface area contributed by atoms with Gasteiger partial charge in [-0.1, -0.05) is 53.6 Å². The first kappa shape index (κ1) is 23.5. The van der Waals surface area contributed by atoms with Gasteiger partial charge in [-0.15, -0.1) is 0 Å². The van der Waals surface area contributed by atoms with Crippen molar-refractivity contribution in [1.82, 2.24) is 19.8 Å². The van der Waals surface area contributed by atoms with E-state index in [2.05, 4.69) is 27.4 Å². The number of carbonyl (C=O) groups excluding carboxylic acids is 1. The van der Waals surface area contributed by atoms with Gasteiger partial charge in [0.05, 0.1) is 10.5 Å². The third-order valence-electron chi connectivity index (χ3n) is 6.18. The number of amides is 1. The lowest BCUT2D eigenvalue weighted by Crippen LogP contribution is -2.34. The molecule has 5 rings (SSSR count). The first-order chi connectivity index (χ1) is 17.0. The van der Waals surface area contributed by atoms with E-state index in [1.165, 1.54) is 12.3 Å². The molecule has 178 valence electrons. The normalized spacial score (nSPS) is 13.9. The minimum atomic E-state index is -0.572. The van der Waals surface area contributed by atoms with Gasteiger partial charge in [0.25, 0.3) is 0 Å². The van der Waals surface area contributed by atoms with E-state index in [1.54, 1.807) is 10.6 Å². The first-order valence-corrected chi connectivity index (χ1v) is 12.1. The van der Waals surface area contributed by atoms with Crippen molar-refractivity contribution in [2.24, 2.45) is 0 Å². The Labute approximate surface area is 212 Å². The molecule has 1 amide bonds. The van der Waals surface area contributed by atoms with Gasteiger partial charge in [0.15, 0.2) is 0 Å². The molecule has 0 aliphatic carbocycles. The van der Waals surface area contributed by atoms with Gasteiger partial charge >= 0.3 is 6.03 Å². The van der Waals surface area contributed by atoms with E-state index < -0.39 is 5.95 Å². The van der Waals surface area contributed by atoms with E-state index in [4.69, 9.17) is 23.2 Å². The Balaban J connectivity index is 1.37. The Morgan fingerprint density at radius 1 is 1.14 bits per heavy atom. The molecule has 0 atom stereocenters. The standard InChI is InChI=1S/C27H23Cl2FN4O/c28-20-8-6-18(7-9-20)3-2-13-33-14-11-23-21(17-33)26-22(29)4-1-5-24(26)34(23)27(35)32-16-19-10-12-31-25(30)15-19/h1-10,12,15H,11,13-14,16-17H2,(H,32,35)/b3-2+. The Kier molecular flexibility index (Phi) is 6.86. The van der Waals surface area contributed by atoms with Crippen molar-refractivity contribution in [3.05, 3.63) is 105 Å². The number of hydrogen-bond acceptors (Lipinski definition) is 3. The van der Waals surface area contributed by atoms with Crippen LogP contribution in [0.2, 0.25) is 10.0 Å². The number of aromatic nitrogens is 2. The molecule has 0 radical (unpaired) electrons. The highest BCUT2D eigenvalue weighted by atomic mass is 35.5. The average molecular weight is 509 g/mol. The summed E-state index contributed by atoms with van der Waals surface area (Å²) >= 11 is 12.6. The fraction of sp³-hybridized carbons (Fsp3) is 0.185. The van der Waals surface area contributed by atoms with Gasteiger partial charge in [-0.3, -0.25) is 9.47 Å². The molecule has 1 aliphatic heterocycles. The molecular weight excluding hydrogens is 486 g/mol. The Morgan fingerprint density at radius 2 is 1.97 bits per heavy atom. The molecule has 0 saturated carbocycles. The van der Waals surface area contributed by atoms with Crippen LogP contribution >= 0.6 is 23.2 Å². The number of rotatable bonds is 5. The predicted octanol–water partition coefficient (Wildman–Crippen LogP) is 6.31. The summed E-state index contributed by atoms with van der Waals surface area (Å²) < 4.78 is 15.1. The Morgan fingerprint density at radius 3 is 2.77 bits per heavy atom. The molecule has 0 spiro atoms. The number of benzene rings is 2. The number of fused-ring (bicyclic) bond motifs is 3. The highest BCUT2D eigenvalue weighted by Gasteiger charge is 2.27. The Hall–Kier alpha value is -3.19. The van der Waals surface area contributed by atoms with E-state index >= 15 is 0 Å². The zero-order valence-electron chi connectivity index (χ0n) is 18.8. The van der Waals surface area contributed by atoms with Crippen LogP contribution in [0, 0.1) is 5.95 Å². The molecule has 0 saturated heterocycles. The minimum absolute atomic E-state index is 0.203. The van der Waals surface area contributed by atoms with Crippen LogP contribution < -0.4 is 5.32 Å². The third-order valence-corrected chi connectivity index (χ3v) is 6.75. The molecule has 2 aromatic heterocycles. The van der Waals surface area contributed by atoms with E-state index in [0.29, 0.717) is 23.6 Å². The van der Waals surface area contributed by atoms with Crippen LogP contribution in [0.4, 0.5) is 9.18 Å². The topological polar surface area (TPSA) is 50.2 Å². The largest absolute Gasteiger partial charge is 0.333 e. The smallest absolute Gasteiger partial charge is 0.326 e. The molecule has 8 heteroatoms. The van der Waals surface area contributed by atoms with E-state index in [0.717, 1.165) is 45.8 Å². The van der Waals surface area contributed by atoms with Crippen LogP contribution in [0.25, 0.3) is 17.0 Å². The summed E-state index contributed by atoms with van der Waals surface area (Å²) in [5, 5.41) is 5.16. The lowest BCUT2D eigenvalue weighted by molar-refractivity contribution is 0.240. The summed E-state index contributed by atoms with van der Waals surface area (Å²) in [6, 6.07) is 16.1. The van der Waals surface area contributed by atoms with Crippen molar-refractivity contribution in [3.8, 4) is 0 Å². The summed E-state index contributed by atoms with van der Waals surface area (Å²) in [5.41, 5.74) is 4.55. The summed E-state index contributed by atoms with van der Waals surface area (Å²) in [6.07, 6.45) is 6.32. The van der Waals surface area contributed by atoms with Crippen molar-refractivity contribution in [3.63, 3.8) is 0 Å². The lowest BCUT2D eigenvalue weighted by atomic mass is 10.0. The third kappa shape index (κ3) is 5.10. The molecule has 0 bridgehead atoms. The second-order valence-electron chi connectivity index (χ2n) is 8.48. The number of pyridine rings is 1. The molecule has 4 aromatic rings. The number of hydrogen-bond donors (Lipinski definition) is 1. The molecule has 5 nitrogen and oxygen atoms in total. The average Bonchev–Trinajstić information content (AvgIpc) is 3.19. The summed E-state index contributed by atoms with van der Waals surface area (Å²) in [7, 11) is 0. The van der Waals surface area contributed by atoms with Crippen LogP contribution in [0.3, 0.4) is 0 Å². The van der Waals surface area contributed by atoms with Crippen molar-refractivity contribution >= 4 is 46.2 Å². The maximum Gasteiger partial charge on any atom is 0.326 e. The molecular formula is C27H23Cl2FN4O. The van der Waals surface area contributed by atoms with E-state index in [9.17, 15) is 9.18 Å². The van der Waals surface area contributed by atoms with Gasteiger partial charge in [0, 0.05) is 54.9 Å². The van der Waals surface area contributed by atoms with Gasteiger partial charge < -0.3 is 5.32 Å². The Bertz CT molecular complexity index is 1410. The first-order valence-electron chi connectivity index (χ1n) is 11.3. The van der Waals surface area contributed by atoms with Crippen molar-refractivity contribution in [2.75, 3.05) is 13.1 Å². The zero-order chi connectivity index (χ0) is 24.4. The van der Waals surface area contributed by atoms with Crippen molar-refractivity contribution in [1.29, 1.82) is 0 Å². The van der Waals surface area contributed by atoms with Crippen molar-refractivity contribution < 1.29 is 9.18 Å². The number of nitrogens with zero attached hydrogens (tertiary/aromatic N) is 3. The maximum absolute atomic E-state index is 13.4. The second-order valence-corrected chi connectivity index (χ2v) is 9.32. The molecule has 0 unspecified atom stereocenters. The number of carbonyl (C=O) groups is 1. The quantitative estimate of drug-likeness (QED) is 0.321. The van der Waals surface area contributed by atoms with E-state index in [1.807, 2.05) is 42.5 Å². The van der Waals surface area contributed by atoms with Gasteiger partial charge in [-0.2, -0.15) is 4.39 Å². The van der Waals surface area contributed by atoms with Crippen LogP contribution in [0.1, 0.15) is 22.4 Å². The van der Waals surface area contributed by atoms with Crippen LogP contribution in [0.5, 0.6) is 0 Å². The van der Waals surface area contributed by atoms with Gasteiger partial charge in [-0.05, 0) is 53.1 Å². The molecule has 2 aromatic carbocycles. The SMILES string of the molecule is O=C(NCc1ccnc(F)c1)n1c2c(c3c(Cl)cccc31)CN(C/C=C/c1ccc(Cl)cc1)CC2. The number of halogens is 3. The fourth-order valence-corrected chi connectivity index (χ4v) is 4.94. The second kappa shape index (κ2) is 10.2. The fourth-order valence-electron chi connectivity index (χ4n) is 4.53. The van der Waals surface area contributed by atoms with Crippen LogP contribution in [-0.4, -0.2) is 33.6 Å². The predicted molar refractivity (Wildman–Crippen MR) is 138 cm³/mol. The monoisotopic (exact) mass is 508 g/mol. The molecule has 1 aliphatic rings. The van der Waals surface area contributed by atoms with E-state index in [-0.39, 0.29) is 12.6 Å². The van der Waals surface area contributed by atoms with Crippen LogP contribution in [0.15, 0.2) is 66.9 Å². The van der Waals surface area contributed by atoms with Crippen LogP contribution in [-0.2, 0) is 19.5 Å². The van der Waals surface area contributed by atoms with Gasteiger partial charge in [0.2, 0.25) is 5.95 Å². The van der Waals surface area contributed by atoms with Crippen molar-refractivity contribution in [2.45, 2.75) is 19.5 Å². The molecule has 3 heterocycles. The number of nitrogens with one attached hydrogen (secondary N) is 1. The maximum atomic E-state index is 13.4.